The number of piperidine rings is 1. The summed E-state index contributed by atoms with van der Waals surface area (Å²) in [7, 11) is 3.42. The van der Waals surface area contributed by atoms with E-state index in [1.807, 2.05) is 17.7 Å². The average molecular weight is 358 g/mol. The number of amides is 2. The second kappa shape index (κ2) is 7.68. The fourth-order valence-electron chi connectivity index (χ4n) is 3.55. The summed E-state index contributed by atoms with van der Waals surface area (Å²) in [5.74, 6) is -0.770. The predicted molar refractivity (Wildman–Crippen MR) is 95.0 cm³/mol. The van der Waals surface area contributed by atoms with E-state index in [2.05, 4.69) is 10.3 Å². The Morgan fingerprint density at radius 2 is 2.12 bits per heavy atom. The minimum absolute atomic E-state index is 0.0596. The van der Waals surface area contributed by atoms with E-state index >= 15 is 0 Å². The van der Waals surface area contributed by atoms with Crippen LogP contribution >= 0.6 is 0 Å². The highest BCUT2D eigenvalue weighted by molar-refractivity contribution is 5.92. The maximum Gasteiger partial charge on any atom is 0.267 e. The van der Waals surface area contributed by atoms with Crippen LogP contribution in [0.5, 0.6) is 0 Å². The minimum Gasteiger partial charge on any atom is -0.354 e. The Morgan fingerprint density at radius 1 is 1.31 bits per heavy atom. The molecule has 1 N–H and O–H groups in total. The molecule has 0 bridgehead atoms. The van der Waals surface area contributed by atoms with Gasteiger partial charge in [-0.2, -0.15) is 0 Å². The van der Waals surface area contributed by atoms with Gasteiger partial charge in [0.05, 0.1) is 18.2 Å². The number of nitrogens with one attached hydrogen (secondary N) is 1. The maximum atomic E-state index is 13.9. The van der Waals surface area contributed by atoms with Gasteiger partial charge in [0.25, 0.3) is 5.91 Å². The fourth-order valence-corrected chi connectivity index (χ4v) is 3.55. The monoisotopic (exact) mass is 358 g/mol. The van der Waals surface area contributed by atoms with E-state index in [1.165, 1.54) is 18.3 Å². The highest BCUT2D eigenvalue weighted by atomic mass is 19.1. The lowest BCUT2D eigenvalue weighted by Crippen LogP contribution is -2.40. The molecule has 26 heavy (non-hydrogen) atoms. The van der Waals surface area contributed by atoms with E-state index < -0.39 is 5.82 Å². The number of halogens is 1. The van der Waals surface area contributed by atoms with Crippen LogP contribution in [0.15, 0.2) is 30.5 Å². The molecule has 0 radical (unpaired) electrons. The Labute approximate surface area is 152 Å². The summed E-state index contributed by atoms with van der Waals surface area (Å²) in [4.78, 5) is 30.6. The molecule has 6 nitrogen and oxygen atoms in total. The SMILES string of the molecule is CNC(=O)c1ccc(C2CCCCN2C(=O)Cc2ncccc2F)n1C. The molecule has 0 aliphatic carbocycles. The minimum atomic E-state index is -0.463. The Hall–Kier alpha value is -2.70. The molecule has 2 aromatic heterocycles. The van der Waals surface area contributed by atoms with Gasteiger partial charge >= 0.3 is 0 Å². The zero-order valence-electron chi connectivity index (χ0n) is 15.0. The zero-order valence-corrected chi connectivity index (χ0v) is 15.0. The van der Waals surface area contributed by atoms with Gasteiger partial charge < -0.3 is 14.8 Å². The van der Waals surface area contributed by atoms with E-state index in [1.54, 1.807) is 18.0 Å². The van der Waals surface area contributed by atoms with Crippen molar-refractivity contribution in [3.8, 4) is 0 Å². The van der Waals surface area contributed by atoms with Gasteiger partial charge in [0.1, 0.15) is 11.5 Å². The molecule has 3 heterocycles. The third kappa shape index (κ3) is 3.47. The third-order valence-electron chi connectivity index (χ3n) is 4.94. The summed E-state index contributed by atoms with van der Waals surface area (Å²) in [6.07, 6.45) is 4.18. The van der Waals surface area contributed by atoms with Crippen LogP contribution in [0.2, 0.25) is 0 Å². The van der Waals surface area contributed by atoms with Gasteiger partial charge in [-0.1, -0.05) is 0 Å². The van der Waals surface area contributed by atoms with E-state index in [-0.39, 0.29) is 30.0 Å². The highest BCUT2D eigenvalue weighted by Crippen LogP contribution is 2.32. The van der Waals surface area contributed by atoms with Gasteiger partial charge in [-0.15, -0.1) is 0 Å². The standard InChI is InChI=1S/C19H23FN4O2/c1-21-19(26)17-9-8-15(23(17)2)16-7-3-4-11-24(16)18(25)12-14-13(20)6-5-10-22-14/h5-6,8-10,16H,3-4,7,11-12H2,1-2H3,(H,21,26). The van der Waals surface area contributed by atoms with Gasteiger partial charge in [0, 0.05) is 32.5 Å². The quantitative estimate of drug-likeness (QED) is 0.911. The molecule has 0 aromatic carbocycles. The first-order chi connectivity index (χ1) is 12.5. The number of pyridine rings is 1. The molecule has 0 spiro atoms. The largest absolute Gasteiger partial charge is 0.354 e. The van der Waals surface area contributed by atoms with Crippen molar-refractivity contribution < 1.29 is 14.0 Å². The van der Waals surface area contributed by atoms with E-state index in [0.717, 1.165) is 25.0 Å². The number of aromatic nitrogens is 2. The molecule has 2 aromatic rings. The molecule has 1 unspecified atom stereocenters. The molecule has 7 heteroatoms. The topological polar surface area (TPSA) is 67.2 Å². The first-order valence-corrected chi connectivity index (χ1v) is 8.79. The van der Waals surface area contributed by atoms with Crippen LogP contribution < -0.4 is 5.32 Å². The van der Waals surface area contributed by atoms with Gasteiger partial charge in [0.15, 0.2) is 0 Å². The maximum absolute atomic E-state index is 13.9. The molecule has 1 aliphatic heterocycles. The summed E-state index contributed by atoms with van der Waals surface area (Å²) >= 11 is 0. The molecular weight excluding hydrogens is 335 g/mol. The van der Waals surface area contributed by atoms with Crippen molar-refractivity contribution in [3.05, 3.63) is 53.4 Å². The van der Waals surface area contributed by atoms with Crippen LogP contribution in [0.1, 0.15) is 47.2 Å². The summed E-state index contributed by atoms with van der Waals surface area (Å²) in [6, 6.07) is 6.37. The Kier molecular flexibility index (Phi) is 5.35. The Morgan fingerprint density at radius 3 is 2.85 bits per heavy atom. The van der Waals surface area contributed by atoms with Crippen molar-refractivity contribution in [1.29, 1.82) is 0 Å². The normalized spacial score (nSPS) is 17.2. The average Bonchev–Trinajstić information content (AvgIpc) is 3.04. The Bertz CT molecular complexity index is 818. The third-order valence-corrected chi connectivity index (χ3v) is 4.94. The molecule has 1 fully saturated rings. The molecule has 0 saturated carbocycles. The summed E-state index contributed by atoms with van der Waals surface area (Å²) in [5, 5.41) is 2.62. The van der Waals surface area contributed by atoms with Crippen LogP contribution in [0, 0.1) is 5.82 Å². The molecular formula is C19H23FN4O2. The number of nitrogens with zero attached hydrogens (tertiary/aromatic N) is 3. The van der Waals surface area contributed by atoms with E-state index in [4.69, 9.17) is 0 Å². The van der Waals surface area contributed by atoms with Crippen molar-refractivity contribution in [2.75, 3.05) is 13.6 Å². The van der Waals surface area contributed by atoms with E-state index in [0.29, 0.717) is 12.2 Å². The summed E-state index contributed by atoms with van der Waals surface area (Å²) < 4.78 is 15.7. The van der Waals surface area contributed by atoms with Crippen LogP contribution in [-0.4, -0.2) is 39.9 Å². The molecule has 2 amide bonds. The molecule has 1 aliphatic rings. The number of likely N-dealkylation sites (tertiary alicyclic amines) is 1. The lowest BCUT2D eigenvalue weighted by Gasteiger charge is -2.36. The number of hydrogen-bond acceptors (Lipinski definition) is 3. The van der Waals surface area contributed by atoms with Crippen molar-refractivity contribution in [3.63, 3.8) is 0 Å². The summed E-state index contributed by atoms with van der Waals surface area (Å²) in [5.41, 5.74) is 1.63. The molecule has 3 rings (SSSR count). The number of hydrogen-bond donors (Lipinski definition) is 1. The Balaban J connectivity index is 1.84. The fraction of sp³-hybridized carbons (Fsp3) is 0.421. The summed E-state index contributed by atoms with van der Waals surface area (Å²) in [6.45, 7) is 0.623. The molecule has 138 valence electrons. The van der Waals surface area contributed by atoms with Gasteiger partial charge in [-0.05, 0) is 43.5 Å². The number of carbonyl (C=O) groups excluding carboxylic acids is 2. The smallest absolute Gasteiger partial charge is 0.267 e. The van der Waals surface area contributed by atoms with Crippen molar-refractivity contribution in [2.45, 2.75) is 31.7 Å². The lowest BCUT2D eigenvalue weighted by molar-refractivity contribution is -0.134. The second-order valence-corrected chi connectivity index (χ2v) is 6.49. The van der Waals surface area contributed by atoms with Gasteiger partial charge in [-0.25, -0.2) is 4.39 Å². The van der Waals surface area contributed by atoms with Crippen LogP contribution in [0.25, 0.3) is 0 Å². The lowest BCUT2D eigenvalue weighted by atomic mass is 9.98. The second-order valence-electron chi connectivity index (χ2n) is 6.49. The van der Waals surface area contributed by atoms with Crippen molar-refractivity contribution in [1.82, 2.24) is 19.8 Å². The number of rotatable bonds is 4. The van der Waals surface area contributed by atoms with Crippen LogP contribution in [0.3, 0.4) is 0 Å². The first kappa shape index (κ1) is 18.1. The van der Waals surface area contributed by atoms with Crippen molar-refractivity contribution in [2.24, 2.45) is 7.05 Å². The van der Waals surface area contributed by atoms with Crippen LogP contribution in [0.4, 0.5) is 4.39 Å². The van der Waals surface area contributed by atoms with Gasteiger partial charge in [0.2, 0.25) is 5.91 Å². The molecule has 1 saturated heterocycles. The van der Waals surface area contributed by atoms with E-state index in [9.17, 15) is 14.0 Å². The number of carbonyl (C=O) groups is 2. The first-order valence-electron chi connectivity index (χ1n) is 8.79. The zero-order chi connectivity index (χ0) is 18.7. The van der Waals surface area contributed by atoms with Gasteiger partial charge in [-0.3, -0.25) is 14.6 Å². The predicted octanol–water partition coefficient (Wildman–Crippen LogP) is 2.22. The van der Waals surface area contributed by atoms with Crippen LogP contribution in [-0.2, 0) is 18.3 Å². The van der Waals surface area contributed by atoms with Crippen molar-refractivity contribution >= 4 is 11.8 Å². The molecule has 1 atom stereocenters. The highest BCUT2D eigenvalue weighted by Gasteiger charge is 2.31.